The first kappa shape index (κ1) is 8.36. The number of ether oxygens (including phenoxy) is 1. The quantitative estimate of drug-likeness (QED) is 0.679. The number of rotatable bonds is 1. The molecule has 12 heavy (non-hydrogen) atoms. The molecule has 0 radical (unpaired) electrons. The van der Waals surface area contributed by atoms with Gasteiger partial charge in [0.2, 0.25) is 0 Å². The third-order valence-electron chi connectivity index (χ3n) is 2.01. The predicted molar refractivity (Wildman–Crippen MR) is 49.8 cm³/mol. The summed E-state index contributed by atoms with van der Waals surface area (Å²) in [6.07, 6.45) is 1.25. The van der Waals surface area contributed by atoms with Gasteiger partial charge in [0.25, 0.3) is 0 Å². The summed E-state index contributed by atoms with van der Waals surface area (Å²) in [4.78, 5) is 0. The Labute approximate surface area is 81.2 Å². The molecule has 0 amide bonds. The van der Waals surface area contributed by atoms with Crippen LogP contribution in [0.3, 0.4) is 0 Å². The second-order valence-corrected chi connectivity index (χ2v) is 3.66. The van der Waals surface area contributed by atoms with E-state index in [4.69, 9.17) is 27.9 Å². The van der Waals surface area contributed by atoms with E-state index < -0.39 is 0 Å². The van der Waals surface area contributed by atoms with Crippen molar-refractivity contribution < 1.29 is 4.74 Å². The lowest BCUT2D eigenvalue weighted by atomic mass is 10.0. The monoisotopic (exact) mass is 202 g/mol. The lowest BCUT2D eigenvalue weighted by Gasteiger charge is -2.27. The van der Waals surface area contributed by atoms with E-state index >= 15 is 0 Å². The molecule has 0 saturated carbocycles. The molecule has 1 fully saturated rings. The molecule has 0 bridgehead atoms. The van der Waals surface area contributed by atoms with Gasteiger partial charge in [-0.05, 0) is 17.7 Å². The van der Waals surface area contributed by atoms with Gasteiger partial charge in [0.15, 0.2) is 0 Å². The number of hydrogen-bond donors (Lipinski definition) is 0. The zero-order valence-corrected chi connectivity index (χ0v) is 7.90. The first-order chi connectivity index (χ1) is 5.77. The van der Waals surface area contributed by atoms with E-state index in [-0.39, 0.29) is 6.10 Å². The van der Waals surface area contributed by atoms with Gasteiger partial charge in [0, 0.05) is 16.5 Å². The SMILES string of the molecule is Clc1ccc(C2CCO2)c(Cl)c1. The average molecular weight is 203 g/mol. The minimum absolute atomic E-state index is 0.190. The van der Waals surface area contributed by atoms with Crippen LogP contribution in [0.1, 0.15) is 18.1 Å². The molecule has 1 heterocycles. The Morgan fingerprint density at radius 2 is 2.08 bits per heavy atom. The molecule has 1 unspecified atom stereocenters. The molecule has 0 N–H and O–H groups in total. The number of benzene rings is 1. The molecule has 1 aliphatic rings. The largest absolute Gasteiger partial charge is 0.373 e. The highest BCUT2D eigenvalue weighted by Gasteiger charge is 2.22. The van der Waals surface area contributed by atoms with E-state index in [9.17, 15) is 0 Å². The van der Waals surface area contributed by atoms with Gasteiger partial charge in [-0.25, -0.2) is 0 Å². The van der Waals surface area contributed by atoms with E-state index in [1.807, 2.05) is 12.1 Å². The molecule has 1 aromatic carbocycles. The van der Waals surface area contributed by atoms with Crippen molar-refractivity contribution in [2.45, 2.75) is 12.5 Å². The van der Waals surface area contributed by atoms with Crippen LogP contribution in [0.5, 0.6) is 0 Å². The summed E-state index contributed by atoms with van der Waals surface area (Å²) in [6, 6.07) is 5.51. The van der Waals surface area contributed by atoms with Crippen molar-refractivity contribution in [3.8, 4) is 0 Å². The Morgan fingerprint density at radius 3 is 2.58 bits per heavy atom. The fraction of sp³-hybridized carbons (Fsp3) is 0.333. The third kappa shape index (κ3) is 1.45. The summed E-state index contributed by atoms with van der Waals surface area (Å²) in [5, 5.41) is 1.37. The van der Waals surface area contributed by atoms with E-state index in [2.05, 4.69) is 0 Å². The Balaban J connectivity index is 2.31. The predicted octanol–water partition coefficient (Wildman–Crippen LogP) is 3.45. The molecule has 3 heteroatoms. The smallest absolute Gasteiger partial charge is 0.0861 e. The van der Waals surface area contributed by atoms with Crippen LogP contribution < -0.4 is 0 Å². The summed E-state index contributed by atoms with van der Waals surface area (Å²) in [5.41, 5.74) is 1.05. The molecular formula is C9H8Cl2O. The van der Waals surface area contributed by atoms with E-state index in [1.54, 1.807) is 6.07 Å². The van der Waals surface area contributed by atoms with Gasteiger partial charge in [-0.15, -0.1) is 0 Å². The van der Waals surface area contributed by atoms with Crippen molar-refractivity contribution in [1.29, 1.82) is 0 Å². The molecule has 0 aliphatic carbocycles. The highest BCUT2D eigenvalue weighted by atomic mass is 35.5. The van der Waals surface area contributed by atoms with Crippen LogP contribution in [0.4, 0.5) is 0 Å². The maximum absolute atomic E-state index is 5.97. The average Bonchev–Trinajstić information content (AvgIpc) is 1.91. The zero-order chi connectivity index (χ0) is 8.55. The van der Waals surface area contributed by atoms with E-state index in [1.165, 1.54) is 0 Å². The Bertz CT molecular complexity index is 295. The number of hydrogen-bond acceptors (Lipinski definition) is 1. The van der Waals surface area contributed by atoms with E-state index in [0.29, 0.717) is 10.0 Å². The third-order valence-corrected chi connectivity index (χ3v) is 2.57. The summed E-state index contributed by atoms with van der Waals surface area (Å²) in [5.74, 6) is 0. The van der Waals surface area contributed by atoms with Crippen molar-refractivity contribution in [3.05, 3.63) is 33.8 Å². The lowest BCUT2D eigenvalue weighted by Crippen LogP contribution is -2.18. The van der Waals surface area contributed by atoms with Gasteiger partial charge < -0.3 is 4.74 Å². The van der Waals surface area contributed by atoms with Crippen molar-refractivity contribution in [2.24, 2.45) is 0 Å². The van der Waals surface area contributed by atoms with Crippen LogP contribution in [0.25, 0.3) is 0 Å². The Kier molecular flexibility index (Phi) is 2.26. The van der Waals surface area contributed by atoms with Gasteiger partial charge >= 0.3 is 0 Å². The van der Waals surface area contributed by atoms with Crippen LogP contribution in [-0.2, 0) is 4.74 Å². The van der Waals surface area contributed by atoms with Crippen LogP contribution in [0.15, 0.2) is 18.2 Å². The molecular weight excluding hydrogens is 195 g/mol. The second kappa shape index (κ2) is 3.25. The molecule has 1 aromatic rings. The minimum Gasteiger partial charge on any atom is -0.373 e. The topological polar surface area (TPSA) is 9.23 Å². The molecule has 1 aliphatic heterocycles. The standard InChI is InChI=1S/C9H8Cl2O/c10-6-1-2-7(8(11)5-6)9-3-4-12-9/h1-2,5,9H,3-4H2. The van der Waals surface area contributed by atoms with Crippen molar-refractivity contribution in [3.63, 3.8) is 0 Å². The highest BCUT2D eigenvalue weighted by Crippen LogP contribution is 2.34. The molecule has 2 rings (SSSR count). The first-order valence-electron chi connectivity index (χ1n) is 3.84. The normalized spacial score (nSPS) is 22.0. The van der Waals surface area contributed by atoms with Gasteiger partial charge in [-0.2, -0.15) is 0 Å². The van der Waals surface area contributed by atoms with Gasteiger partial charge in [-0.3, -0.25) is 0 Å². The molecule has 0 aromatic heterocycles. The number of halogens is 2. The fourth-order valence-electron chi connectivity index (χ4n) is 1.24. The summed E-state index contributed by atoms with van der Waals surface area (Å²) in [7, 11) is 0. The lowest BCUT2D eigenvalue weighted by molar-refractivity contribution is -0.0526. The molecule has 1 nitrogen and oxygen atoms in total. The van der Waals surface area contributed by atoms with Crippen LogP contribution in [-0.4, -0.2) is 6.61 Å². The molecule has 1 saturated heterocycles. The second-order valence-electron chi connectivity index (χ2n) is 2.81. The highest BCUT2D eigenvalue weighted by molar-refractivity contribution is 6.35. The summed E-state index contributed by atoms with van der Waals surface area (Å²) in [6.45, 7) is 0.837. The fourth-order valence-corrected chi connectivity index (χ4v) is 1.77. The van der Waals surface area contributed by atoms with Crippen LogP contribution in [0.2, 0.25) is 10.0 Å². The van der Waals surface area contributed by atoms with Crippen molar-refractivity contribution >= 4 is 23.2 Å². The Hall–Kier alpha value is -0.240. The summed E-state index contributed by atoms with van der Waals surface area (Å²) < 4.78 is 5.31. The summed E-state index contributed by atoms with van der Waals surface area (Å²) >= 11 is 11.7. The maximum atomic E-state index is 5.97. The van der Waals surface area contributed by atoms with Crippen molar-refractivity contribution in [1.82, 2.24) is 0 Å². The van der Waals surface area contributed by atoms with Crippen LogP contribution >= 0.6 is 23.2 Å². The molecule has 0 spiro atoms. The van der Waals surface area contributed by atoms with Gasteiger partial charge in [-0.1, -0.05) is 29.3 Å². The van der Waals surface area contributed by atoms with Gasteiger partial charge in [0.1, 0.15) is 0 Å². The first-order valence-corrected chi connectivity index (χ1v) is 4.59. The maximum Gasteiger partial charge on any atom is 0.0861 e. The van der Waals surface area contributed by atoms with Gasteiger partial charge in [0.05, 0.1) is 12.7 Å². The molecule has 1 atom stereocenters. The zero-order valence-electron chi connectivity index (χ0n) is 6.39. The van der Waals surface area contributed by atoms with Crippen molar-refractivity contribution in [2.75, 3.05) is 6.61 Å². The Morgan fingerprint density at radius 1 is 1.33 bits per heavy atom. The van der Waals surface area contributed by atoms with Crippen LogP contribution in [0, 0.1) is 0 Å². The molecule has 64 valence electrons. The minimum atomic E-state index is 0.190. The van der Waals surface area contributed by atoms with E-state index in [0.717, 1.165) is 18.6 Å².